The molecule has 33 heavy (non-hydrogen) atoms. The molecule has 2 atom stereocenters. The highest BCUT2D eigenvalue weighted by Gasteiger charge is 2.51. The second kappa shape index (κ2) is 7.37. The summed E-state index contributed by atoms with van der Waals surface area (Å²) in [5.74, 6) is 1.58. The number of allylic oxidation sites excluding steroid dienone is 3. The van der Waals surface area contributed by atoms with Crippen LogP contribution in [0.5, 0.6) is 0 Å². The van der Waals surface area contributed by atoms with Crippen molar-refractivity contribution in [1.29, 1.82) is 0 Å². The maximum absolute atomic E-state index is 13.2. The fourth-order valence-corrected chi connectivity index (χ4v) is 5.13. The van der Waals surface area contributed by atoms with E-state index in [2.05, 4.69) is 48.3 Å². The van der Waals surface area contributed by atoms with Crippen LogP contribution in [0.1, 0.15) is 67.2 Å². The summed E-state index contributed by atoms with van der Waals surface area (Å²) in [5.41, 5.74) is 5.58. The van der Waals surface area contributed by atoms with E-state index >= 15 is 0 Å². The number of aromatic nitrogens is 1. The maximum atomic E-state index is 13.2. The zero-order chi connectivity index (χ0) is 22.7. The summed E-state index contributed by atoms with van der Waals surface area (Å²) in [4.78, 5) is 25.1. The number of nitrogens with one attached hydrogen (secondary N) is 1. The summed E-state index contributed by atoms with van der Waals surface area (Å²) in [6, 6.07) is 9.89. The standard InChI is InChI=1S/C27H27FN4O/c1-16-3-10-24(29-17(2)13-16)32-15-19-14-21(19)25-22(32)8-9-23(30-25)27(11-12-27)31-26(33)18-4-6-20(28)7-5-18/h4-10,13,19,21H,3,11-12,14-15H2,1-2H3,(H,31,33). The minimum atomic E-state index is -0.426. The first-order valence-corrected chi connectivity index (χ1v) is 11.7. The number of carbonyl (C=O) groups is 1. The van der Waals surface area contributed by atoms with Crippen molar-refractivity contribution in [2.75, 3.05) is 11.4 Å². The van der Waals surface area contributed by atoms with Crippen LogP contribution >= 0.6 is 0 Å². The van der Waals surface area contributed by atoms with E-state index in [0.717, 1.165) is 60.8 Å². The van der Waals surface area contributed by atoms with E-state index < -0.39 is 5.54 Å². The van der Waals surface area contributed by atoms with Crippen LogP contribution in [-0.4, -0.2) is 23.1 Å². The van der Waals surface area contributed by atoms with Gasteiger partial charge in [-0.1, -0.05) is 5.57 Å². The Bertz CT molecular complexity index is 1240. The topological polar surface area (TPSA) is 57.6 Å². The number of aliphatic imine (C=N–C) groups is 1. The van der Waals surface area contributed by atoms with Crippen molar-refractivity contribution >= 4 is 17.3 Å². The largest absolute Gasteiger partial charge is 0.341 e. The van der Waals surface area contributed by atoms with Gasteiger partial charge < -0.3 is 10.2 Å². The number of hydrogen-bond donors (Lipinski definition) is 1. The first-order chi connectivity index (χ1) is 15.9. The van der Waals surface area contributed by atoms with Crippen molar-refractivity contribution in [2.45, 2.75) is 51.0 Å². The summed E-state index contributed by atoms with van der Waals surface area (Å²) in [7, 11) is 0. The molecule has 1 amide bonds. The van der Waals surface area contributed by atoms with Crippen LogP contribution in [0.15, 0.2) is 64.9 Å². The summed E-state index contributed by atoms with van der Waals surface area (Å²) in [5, 5.41) is 3.17. The molecule has 2 aliphatic carbocycles. The number of benzene rings is 1. The van der Waals surface area contributed by atoms with Gasteiger partial charge in [-0.25, -0.2) is 9.38 Å². The molecule has 3 heterocycles. The van der Waals surface area contributed by atoms with Gasteiger partial charge in [0.1, 0.15) is 11.6 Å². The molecule has 1 aromatic heterocycles. The molecule has 0 bridgehead atoms. The van der Waals surface area contributed by atoms with Crippen molar-refractivity contribution in [2.24, 2.45) is 10.9 Å². The summed E-state index contributed by atoms with van der Waals surface area (Å²) >= 11 is 0. The van der Waals surface area contributed by atoms with Gasteiger partial charge in [0.2, 0.25) is 0 Å². The van der Waals surface area contributed by atoms with Crippen LogP contribution in [0.4, 0.5) is 10.1 Å². The second-order valence-electron chi connectivity index (χ2n) is 9.87. The molecular weight excluding hydrogens is 415 g/mol. The minimum absolute atomic E-state index is 0.186. The number of nitrogens with zero attached hydrogens (tertiary/aromatic N) is 3. The summed E-state index contributed by atoms with van der Waals surface area (Å²) in [6.45, 7) is 5.17. The van der Waals surface area contributed by atoms with Crippen LogP contribution in [-0.2, 0) is 5.54 Å². The SMILES string of the molecule is CC1=CC(C)=NC(N2CC3CC3c3nc(C4(NC(=O)c5ccc(F)cc5)CC4)ccc32)=CC1. The molecule has 5 nitrogen and oxygen atoms in total. The zero-order valence-electron chi connectivity index (χ0n) is 18.9. The Kier molecular flexibility index (Phi) is 4.54. The average molecular weight is 443 g/mol. The van der Waals surface area contributed by atoms with Crippen LogP contribution in [0, 0.1) is 11.7 Å². The molecule has 1 aromatic carbocycles. The van der Waals surface area contributed by atoms with Crippen molar-refractivity contribution in [3.05, 3.63) is 82.7 Å². The van der Waals surface area contributed by atoms with Crippen LogP contribution in [0.2, 0.25) is 0 Å². The smallest absolute Gasteiger partial charge is 0.252 e. The van der Waals surface area contributed by atoms with Crippen molar-refractivity contribution in [1.82, 2.24) is 10.3 Å². The molecule has 0 spiro atoms. The maximum Gasteiger partial charge on any atom is 0.252 e. The fraction of sp³-hybridized carbons (Fsp3) is 0.370. The Morgan fingerprint density at radius 1 is 1.15 bits per heavy atom. The van der Waals surface area contributed by atoms with Gasteiger partial charge in [-0.2, -0.15) is 0 Å². The van der Waals surface area contributed by atoms with E-state index in [1.54, 1.807) is 0 Å². The number of pyridine rings is 1. The van der Waals surface area contributed by atoms with Crippen molar-refractivity contribution in [3.8, 4) is 0 Å². The van der Waals surface area contributed by atoms with E-state index in [0.29, 0.717) is 17.4 Å². The van der Waals surface area contributed by atoms with E-state index in [1.165, 1.54) is 29.8 Å². The van der Waals surface area contributed by atoms with Gasteiger partial charge in [-0.3, -0.25) is 9.78 Å². The molecule has 0 radical (unpaired) electrons. The molecule has 2 unspecified atom stereocenters. The first-order valence-electron chi connectivity index (χ1n) is 11.7. The highest BCUT2D eigenvalue weighted by atomic mass is 19.1. The fourth-order valence-electron chi connectivity index (χ4n) is 5.13. The number of hydrogen-bond acceptors (Lipinski definition) is 4. The lowest BCUT2D eigenvalue weighted by molar-refractivity contribution is 0.0929. The third-order valence-electron chi connectivity index (χ3n) is 7.21. The number of fused-ring (bicyclic) bond motifs is 3. The molecule has 168 valence electrons. The number of rotatable bonds is 4. The molecule has 2 saturated carbocycles. The van der Waals surface area contributed by atoms with Gasteiger partial charge in [-0.05, 0) is 94.0 Å². The Hall–Kier alpha value is -3.28. The molecule has 2 fully saturated rings. The van der Waals surface area contributed by atoms with Gasteiger partial charge in [0.05, 0.1) is 22.6 Å². The Morgan fingerprint density at radius 2 is 1.94 bits per heavy atom. The normalized spacial score (nSPS) is 24.5. The Balaban J connectivity index is 1.29. The lowest BCUT2D eigenvalue weighted by Crippen LogP contribution is -2.36. The van der Waals surface area contributed by atoms with E-state index in [9.17, 15) is 9.18 Å². The first kappa shape index (κ1) is 20.3. The lowest BCUT2D eigenvalue weighted by atomic mass is 10.0. The number of amides is 1. The van der Waals surface area contributed by atoms with Crippen molar-refractivity contribution in [3.63, 3.8) is 0 Å². The van der Waals surface area contributed by atoms with Gasteiger partial charge in [0.25, 0.3) is 5.91 Å². The van der Waals surface area contributed by atoms with E-state index in [4.69, 9.17) is 9.98 Å². The second-order valence-corrected chi connectivity index (χ2v) is 9.87. The molecule has 1 N–H and O–H groups in total. The molecule has 2 aliphatic heterocycles. The highest BCUT2D eigenvalue weighted by Crippen LogP contribution is 2.56. The van der Waals surface area contributed by atoms with E-state index in [1.807, 2.05) is 0 Å². The third kappa shape index (κ3) is 3.67. The molecule has 4 aliphatic rings. The predicted molar refractivity (Wildman–Crippen MR) is 127 cm³/mol. The highest BCUT2D eigenvalue weighted by molar-refractivity contribution is 5.95. The number of carbonyl (C=O) groups excluding carboxylic acids is 1. The number of anilines is 1. The van der Waals surface area contributed by atoms with Gasteiger partial charge >= 0.3 is 0 Å². The predicted octanol–water partition coefficient (Wildman–Crippen LogP) is 5.22. The summed E-state index contributed by atoms with van der Waals surface area (Å²) in [6.07, 6.45) is 8.15. The molecule has 6 heteroatoms. The number of halogens is 1. The molecule has 0 saturated heterocycles. The Morgan fingerprint density at radius 3 is 2.70 bits per heavy atom. The quantitative estimate of drug-likeness (QED) is 0.707. The van der Waals surface area contributed by atoms with Gasteiger partial charge in [0.15, 0.2) is 0 Å². The van der Waals surface area contributed by atoms with Crippen molar-refractivity contribution < 1.29 is 9.18 Å². The summed E-state index contributed by atoms with van der Waals surface area (Å²) < 4.78 is 13.2. The van der Waals surface area contributed by atoms with E-state index in [-0.39, 0.29) is 11.7 Å². The average Bonchev–Trinajstić information content (AvgIpc) is 3.70. The van der Waals surface area contributed by atoms with Gasteiger partial charge in [-0.15, -0.1) is 0 Å². The Labute approximate surface area is 193 Å². The van der Waals surface area contributed by atoms with Crippen LogP contribution in [0.25, 0.3) is 0 Å². The van der Waals surface area contributed by atoms with Gasteiger partial charge in [0, 0.05) is 23.7 Å². The monoisotopic (exact) mass is 442 g/mol. The molecule has 2 aromatic rings. The van der Waals surface area contributed by atoms with Crippen LogP contribution in [0.3, 0.4) is 0 Å². The molecule has 6 rings (SSSR count). The zero-order valence-corrected chi connectivity index (χ0v) is 18.9. The third-order valence-corrected chi connectivity index (χ3v) is 7.21. The minimum Gasteiger partial charge on any atom is -0.341 e. The molecular formula is C27H27FN4O. The lowest BCUT2D eigenvalue weighted by Gasteiger charge is -2.31. The van der Waals surface area contributed by atoms with Crippen LogP contribution < -0.4 is 10.2 Å².